The fourth-order valence-corrected chi connectivity index (χ4v) is 2.64. The molecule has 0 radical (unpaired) electrons. The summed E-state index contributed by atoms with van der Waals surface area (Å²) in [5.41, 5.74) is 2.70. The lowest BCUT2D eigenvalue weighted by atomic mass is 10.1. The molecule has 0 bridgehead atoms. The summed E-state index contributed by atoms with van der Waals surface area (Å²) < 4.78 is 6.65. The number of fused-ring (bicyclic) bond motifs is 1. The van der Waals surface area contributed by atoms with Crippen LogP contribution in [-0.2, 0) is 16.0 Å². The molecule has 0 saturated carbocycles. The molecule has 0 aliphatic carbocycles. The molecule has 8 nitrogen and oxygen atoms in total. The van der Waals surface area contributed by atoms with Crippen LogP contribution in [0.3, 0.4) is 0 Å². The molecule has 1 amide bonds. The standard InChI is InChI=1S/C19H21N5O3/c1-12-11-13(2)24-19(21-12)22-16(23-24)18(26)27-14(3)17(25)20-10-9-15-7-5-4-6-8-15/h4-8,11,14H,9-10H2,1-3H3,(H,20,25). The largest absolute Gasteiger partial charge is 0.447 e. The van der Waals surface area contributed by atoms with Crippen LogP contribution in [0.15, 0.2) is 36.4 Å². The monoisotopic (exact) mass is 367 g/mol. The molecule has 0 spiro atoms. The van der Waals surface area contributed by atoms with E-state index in [9.17, 15) is 9.59 Å². The number of aryl methyl sites for hydroxylation is 2. The van der Waals surface area contributed by atoms with Crippen LogP contribution in [0.5, 0.6) is 0 Å². The number of ether oxygens (including phenoxy) is 1. The van der Waals surface area contributed by atoms with Crippen molar-refractivity contribution in [1.82, 2.24) is 24.9 Å². The third-order valence-electron chi connectivity index (χ3n) is 4.01. The van der Waals surface area contributed by atoms with E-state index in [0.717, 1.165) is 17.0 Å². The summed E-state index contributed by atoms with van der Waals surface area (Å²) in [6.07, 6.45) is -0.249. The van der Waals surface area contributed by atoms with Gasteiger partial charge in [-0.2, -0.15) is 4.98 Å². The second kappa shape index (κ2) is 7.94. The highest BCUT2D eigenvalue weighted by atomic mass is 16.5. The number of benzene rings is 1. The summed E-state index contributed by atoms with van der Waals surface area (Å²) in [4.78, 5) is 32.7. The first-order valence-corrected chi connectivity index (χ1v) is 8.67. The molecule has 3 aromatic rings. The topological polar surface area (TPSA) is 98.5 Å². The van der Waals surface area contributed by atoms with Crippen LogP contribution in [0.2, 0.25) is 0 Å². The normalized spacial score (nSPS) is 12.0. The minimum atomic E-state index is -0.948. The molecular weight excluding hydrogens is 346 g/mol. The summed E-state index contributed by atoms with van der Waals surface area (Å²) in [6.45, 7) is 5.65. The molecule has 2 heterocycles. The lowest BCUT2D eigenvalue weighted by molar-refractivity contribution is -0.129. The maximum atomic E-state index is 12.3. The second-order valence-corrected chi connectivity index (χ2v) is 6.26. The second-order valence-electron chi connectivity index (χ2n) is 6.26. The van der Waals surface area contributed by atoms with E-state index >= 15 is 0 Å². The van der Waals surface area contributed by atoms with Gasteiger partial charge in [-0.3, -0.25) is 4.79 Å². The van der Waals surface area contributed by atoms with E-state index in [-0.39, 0.29) is 11.7 Å². The molecule has 0 saturated heterocycles. The zero-order chi connectivity index (χ0) is 19.4. The van der Waals surface area contributed by atoms with Crippen molar-refractivity contribution in [2.24, 2.45) is 0 Å². The molecule has 1 N–H and O–H groups in total. The average molecular weight is 367 g/mol. The van der Waals surface area contributed by atoms with E-state index in [1.54, 1.807) is 0 Å². The molecule has 140 valence electrons. The van der Waals surface area contributed by atoms with Crippen LogP contribution in [-0.4, -0.2) is 44.1 Å². The SMILES string of the molecule is Cc1cc(C)n2nc(C(=O)OC(C)C(=O)NCCc3ccccc3)nc2n1. The van der Waals surface area contributed by atoms with Gasteiger partial charge in [-0.15, -0.1) is 5.10 Å². The smallest absolute Gasteiger partial charge is 0.379 e. The van der Waals surface area contributed by atoms with Gasteiger partial charge in [-0.05, 0) is 38.8 Å². The Kier molecular flexibility index (Phi) is 5.44. The highest BCUT2D eigenvalue weighted by Crippen LogP contribution is 2.07. The van der Waals surface area contributed by atoms with E-state index in [4.69, 9.17) is 4.74 Å². The van der Waals surface area contributed by atoms with E-state index in [2.05, 4.69) is 20.4 Å². The fourth-order valence-electron chi connectivity index (χ4n) is 2.64. The average Bonchev–Trinajstić information content (AvgIpc) is 3.07. The Bertz CT molecular complexity index is 968. The van der Waals surface area contributed by atoms with Crippen molar-refractivity contribution in [2.45, 2.75) is 33.3 Å². The lowest BCUT2D eigenvalue weighted by Gasteiger charge is -2.12. The number of hydrogen-bond donors (Lipinski definition) is 1. The maximum Gasteiger partial charge on any atom is 0.379 e. The van der Waals surface area contributed by atoms with Crippen LogP contribution in [0.1, 0.15) is 34.5 Å². The molecular formula is C19H21N5O3. The first-order valence-electron chi connectivity index (χ1n) is 8.67. The van der Waals surface area contributed by atoms with Gasteiger partial charge < -0.3 is 10.1 Å². The maximum absolute atomic E-state index is 12.3. The molecule has 1 unspecified atom stereocenters. The minimum Gasteiger partial charge on any atom is -0.447 e. The number of esters is 1. The van der Waals surface area contributed by atoms with Crippen molar-refractivity contribution in [3.8, 4) is 0 Å². The summed E-state index contributed by atoms with van der Waals surface area (Å²) in [5.74, 6) is -0.934. The van der Waals surface area contributed by atoms with Gasteiger partial charge in [0.2, 0.25) is 0 Å². The van der Waals surface area contributed by atoms with Gasteiger partial charge in [-0.1, -0.05) is 30.3 Å². The Morgan fingerprint density at radius 1 is 1.19 bits per heavy atom. The molecule has 3 rings (SSSR count). The minimum absolute atomic E-state index is 0.125. The van der Waals surface area contributed by atoms with Crippen molar-refractivity contribution < 1.29 is 14.3 Å². The number of nitrogens with one attached hydrogen (secondary N) is 1. The highest BCUT2D eigenvalue weighted by Gasteiger charge is 2.22. The van der Waals surface area contributed by atoms with E-state index in [0.29, 0.717) is 18.7 Å². The third-order valence-corrected chi connectivity index (χ3v) is 4.01. The van der Waals surface area contributed by atoms with Crippen molar-refractivity contribution in [3.63, 3.8) is 0 Å². The number of nitrogens with zero attached hydrogens (tertiary/aromatic N) is 4. The van der Waals surface area contributed by atoms with Gasteiger partial charge in [0.05, 0.1) is 0 Å². The Balaban J connectivity index is 1.56. The van der Waals surface area contributed by atoms with Gasteiger partial charge in [0.25, 0.3) is 17.5 Å². The molecule has 2 aromatic heterocycles. The van der Waals surface area contributed by atoms with Crippen LogP contribution in [0.4, 0.5) is 0 Å². The first-order chi connectivity index (χ1) is 12.9. The van der Waals surface area contributed by atoms with Crippen molar-refractivity contribution in [1.29, 1.82) is 0 Å². The molecule has 0 aliphatic heterocycles. The molecule has 1 atom stereocenters. The predicted molar refractivity (Wildman–Crippen MR) is 98.3 cm³/mol. The van der Waals surface area contributed by atoms with Gasteiger partial charge in [-0.25, -0.2) is 14.3 Å². The van der Waals surface area contributed by atoms with Gasteiger partial charge in [0.1, 0.15) is 0 Å². The number of hydrogen-bond acceptors (Lipinski definition) is 6. The number of carbonyl (C=O) groups is 2. The molecule has 8 heteroatoms. The number of aromatic nitrogens is 4. The number of carbonyl (C=O) groups excluding carboxylic acids is 2. The van der Waals surface area contributed by atoms with Crippen LogP contribution in [0.25, 0.3) is 5.78 Å². The molecule has 27 heavy (non-hydrogen) atoms. The quantitative estimate of drug-likeness (QED) is 0.665. The predicted octanol–water partition coefficient (Wildman–Crippen LogP) is 1.65. The number of amides is 1. The Morgan fingerprint density at radius 2 is 1.93 bits per heavy atom. The van der Waals surface area contributed by atoms with E-state index < -0.39 is 12.1 Å². The van der Waals surface area contributed by atoms with E-state index in [1.807, 2.05) is 50.2 Å². The summed E-state index contributed by atoms with van der Waals surface area (Å²) in [7, 11) is 0. The summed E-state index contributed by atoms with van der Waals surface area (Å²) in [6, 6.07) is 11.6. The van der Waals surface area contributed by atoms with Crippen LogP contribution >= 0.6 is 0 Å². The highest BCUT2D eigenvalue weighted by molar-refractivity contribution is 5.89. The van der Waals surface area contributed by atoms with Crippen molar-refractivity contribution in [3.05, 3.63) is 59.2 Å². The number of rotatable bonds is 6. The Labute approximate surface area is 156 Å². The van der Waals surface area contributed by atoms with E-state index in [1.165, 1.54) is 11.4 Å². The Morgan fingerprint density at radius 3 is 2.67 bits per heavy atom. The summed E-state index contributed by atoms with van der Waals surface area (Å²) >= 11 is 0. The fraction of sp³-hybridized carbons (Fsp3) is 0.316. The molecule has 0 aliphatic rings. The van der Waals surface area contributed by atoms with Gasteiger partial charge in [0, 0.05) is 17.9 Å². The van der Waals surface area contributed by atoms with Crippen molar-refractivity contribution >= 4 is 17.7 Å². The zero-order valence-electron chi connectivity index (χ0n) is 15.5. The Hall–Kier alpha value is -3.29. The lowest BCUT2D eigenvalue weighted by Crippen LogP contribution is -2.37. The zero-order valence-corrected chi connectivity index (χ0v) is 15.5. The molecule has 1 aromatic carbocycles. The van der Waals surface area contributed by atoms with Crippen LogP contribution in [0, 0.1) is 13.8 Å². The van der Waals surface area contributed by atoms with Gasteiger partial charge >= 0.3 is 5.97 Å². The third kappa shape index (κ3) is 4.46. The molecule has 0 fully saturated rings. The van der Waals surface area contributed by atoms with Crippen molar-refractivity contribution in [2.75, 3.05) is 6.54 Å². The summed E-state index contributed by atoms with van der Waals surface area (Å²) in [5, 5.41) is 6.86. The van der Waals surface area contributed by atoms with Gasteiger partial charge in [0.15, 0.2) is 6.10 Å². The van der Waals surface area contributed by atoms with Crippen LogP contribution < -0.4 is 5.32 Å². The first kappa shape index (κ1) is 18.5.